The Labute approximate surface area is 189 Å². The Morgan fingerprint density at radius 3 is 0.966 bits per heavy atom. The van der Waals surface area contributed by atoms with E-state index in [1.165, 1.54) is 116 Å². The summed E-state index contributed by atoms with van der Waals surface area (Å²) < 4.78 is 0. The van der Waals surface area contributed by atoms with Crippen LogP contribution in [0.5, 0.6) is 0 Å². The maximum Gasteiger partial charge on any atom is 0.0264 e. The van der Waals surface area contributed by atoms with Crippen LogP contribution in [0.4, 0.5) is 0 Å². The highest BCUT2D eigenvalue weighted by Gasteiger charge is 2.16. The van der Waals surface area contributed by atoms with Crippen LogP contribution in [0.3, 0.4) is 0 Å². The molecule has 0 N–H and O–H groups in total. The first-order valence-corrected chi connectivity index (χ1v) is 15.9. The molecule has 0 aromatic heterocycles. The topological polar surface area (TPSA) is 0 Å². The molecule has 2 atom stereocenters. The second kappa shape index (κ2) is 24.5. The summed E-state index contributed by atoms with van der Waals surface area (Å²) in [5.41, 5.74) is 2.32. The van der Waals surface area contributed by atoms with Gasteiger partial charge in [0.15, 0.2) is 0 Å². The van der Waals surface area contributed by atoms with E-state index in [4.69, 9.17) is 0 Å². The highest BCUT2D eigenvalue weighted by molar-refractivity contribution is 6.39. The van der Waals surface area contributed by atoms with E-state index in [2.05, 4.69) is 27.7 Å². The molecule has 0 aromatic carbocycles. The molecule has 1 heteroatoms. The molecule has 0 saturated heterocycles. The summed E-state index contributed by atoms with van der Waals surface area (Å²) in [6.45, 7) is 9.47. The lowest BCUT2D eigenvalue weighted by molar-refractivity contribution is 0.528. The van der Waals surface area contributed by atoms with Crippen LogP contribution in [0, 0.1) is 0 Å². The van der Waals surface area contributed by atoms with Gasteiger partial charge in [-0.25, -0.2) is 0 Å². The molecule has 0 fully saturated rings. The van der Waals surface area contributed by atoms with Crippen LogP contribution in [0.2, 0.25) is 11.1 Å². The van der Waals surface area contributed by atoms with Gasteiger partial charge in [0.1, 0.15) is 0 Å². The molecule has 2 unspecified atom stereocenters. The van der Waals surface area contributed by atoms with E-state index in [9.17, 15) is 0 Å². The van der Waals surface area contributed by atoms with Crippen molar-refractivity contribution in [2.75, 3.05) is 0 Å². The van der Waals surface area contributed by atoms with Crippen LogP contribution >= 0.6 is 0 Å². The van der Waals surface area contributed by atoms with Gasteiger partial charge in [0.25, 0.3) is 0 Å². The molecule has 0 aliphatic carbocycles. The molecule has 0 aromatic rings. The third kappa shape index (κ3) is 21.2. The summed E-state index contributed by atoms with van der Waals surface area (Å²) in [6.07, 6.45) is 32.7. The Morgan fingerprint density at radius 1 is 0.345 bits per heavy atom. The minimum atomic E-state index is 0.116. The zero-order valence-corrected chi connectivity index (χ0v) is 22.8. The molecule has 176 valence electrons. The van der Waals surface area contributed by atoms with Crippen LogP contribution < -0.4 is 0 Å². The summed E-state index contributed by atoms with van der Waals surface area (Å²) in [5.74, 6) is 0. The van der Waals surface area contributed by atoms with Gasteiger partial charge in [-0.3, -0.25) is 0 Å². The fraction of sp³-hybridized carbons (Fsp3) is 1.00. The first-order chi connectivity index (χ1) is 14.3. The SMILES string of the molecule is CCCCCCCCCCC(CCC)[SiH2]C(CCC)CCCCCCCCCC. The zero-order chi connectivity index (χ0) is 21.4. The van der Waals surface area contributed by atoms with Crippen molar-refractivity contribution in [1.82, 2.24) is 0 Å². The van der Waals surface area contributed by atoms with Gasteiger partial charge < -0.3 is 0 Å². The zero-order valence-electron chi connectivity index (χ0n) is 21.4. The number of rotatable bonds is 24. The molecule has 0 aliphatic rings. The lowest BCUT2D eigenvalue weighted by Gasteiger charge is -2.23. The third-order valence-corrected chi connectivity index (χ3v) is 9.96. The third-order valence-electron chi connectivity index (χ3n) is 6.99. The summed E-state index contributed by atoms with van der Waals surface area (Å²) in [4.78, 5) is 0. The van der Waals surface area contributed by atoms with Crippen LogP contribution in [0.1, 0.15) is 169 Å². The number of unbranched alkanes of at least 4 members (excludes halogenated alkanes) is 14. The molecule has 0 saturated carbocycles. The molecule has 0 nitrogen and oxygen atoms in total. The molecule has 0 aliphatic heterocycles. The Hall–Kier alpha value is 0.217. The predicted molar refractivity (Wildman–Crippen MR) is 140 cm³/mol. The second-order valence-electron chi connectivity index (χ2n) is 10.1. The van der Waals surface area contributed by atoms with Crippen molar-refractivity contribution in [2.45, 2.75) is 180 Å². The van der Waals surface area contributed by atoms with Gasteiger partial charge >= 0.3 is 0 Å². The molecule has 0 spiro atoms. The first-order valence-electron chi connectivity index (χ1n) is 14.3. The largest absolute Gasteiger partial charge is 0.0654 e. The molecular formula is C28H60Si. The Balaban J connectivity index is 3.92. The van der Waals surface area contributed by atoms with Crippen molar-refractivity contribution in [3.8, 4) is 0 Å². The smallest absolute Gasteiger partial charge is 0.0264 e. The fourth-order valence-electron chi connectivity index (χ4n) is 5.18. The minimum absolute atomic E-state index is 0.116. The summed E-state index contributed by atoms with van der Waals surface area (Å²) >= 11 is 0. The van der Waals surface area contributed by atoms with Gasteiger partial charge in [-0.1, -0.05) is 180 Å². The Bertz CT molecular complexity index is 260. The molecule has 0 heterocycles. The normalized spacial score (nSPS) is 14.1. The van der Waals surface area contributed by atoms with Gasteiger partial charge in [0.05, 0.1) is 0 Å². The molecule has 29 heavy (non-hydrogen) atoms. The van der Waals surface area contributed by atoms with Crippen LogP contribution in [-0.2, 0) is 0 Å². The van der Waals surface area contributed by atoms with Crippen LogP contribution in [-0.4, -0.2) is 9.52 Å². The number of hydrogen-bond acceptors (Lipinski definition) is 0. The average Bonchev–Trinajstić information content (AvgIpc) is 2.72. The van der Waals surface area contributed by atoms with E-state index in [1.54, 1.807) is 25.7 Å². The van der Waals surface area contributed by atoms with Crippen LogP contribution in [0.15, 0.2) is 0 Å². The van der Waals surface area contributed by atoms with Crippen LogP contribution in [0.25, 0.3) is 0 Å². The van der Waals surface area contributed by atoms with E-state index >= 15 is 0 Å². The lowest BCUT2D eigenvalue weighted by Crippen LogP contribution is -2.12. The van der Waals surface area contributed by atoms with E-state index in [1.807, 2.05) is 0 Å². The highest BCUT2D eigenvalue weighted by Crippen LogP contribution is 2.30. The van der Waals surface area contributed by atoms with Crippen molar-refractivity contribution in [3.63, 3.8) is 0 Å². The monoisotopic (exact) mass is 424 g/mol. The van der Waals surface area contributed by atoms with Gasteiger partial charge in [0, 0.05) is 9.52 Å². The highest BCUT2D eigenvalue weighted by atomic mass is 28.2. The number of hydrogen-bond donors (Lipinski definition) is 0. The van der Waals surface area contributed by atoms with Gasteiger partial charge in [0.2, 0.25) is 0 Å². The quantitative estimate of drug-likeness (QED) is 0.107. The molecular weight excluding hydrogens is 364 g/mol. The standard InChI is InChI=1S/C28H60Si/c1-5-9-11-13-15-17-19-21-25-27(23-7-3)29-28(24-8-4)26-22-20-18-16-14-12-10-6-2/h27-28H,5-26,29H2,1-4H3. The van der Waals surface area contributed by atoms with E-state index < -0.39 is 0 Å². The van der Waals surface area contributed by atoms with E-state index in [-0.39, 0.29) is 9.52 Å². The average molecular weight is 425 g/mol. The predicted octanol–water partition coefficient (Wildman–Crippen LogP) is 10.4. The molecule has 0 rings (SSSR count). The molecule has 0 amide bonds. The van der Waals surface area contributed by atoms with Gasteiger partial charge in [-0.2, -0.15) is 0 Å². The first kappa shape index (κ1) is 29.2. The Morgan fingerprint density at radius 2 is 0.655 bits per heavy atom. The van der Waals surface area contributed by atoms with Gasteiger partial charge in [-0.05, 0) is 0 Å². The molecule has 0 radical (unpaired) electrons. The van der Waals surface area contributed by atoms with Crippen molar-refractivity contribution in [2.24, 2.45) is 0 Å². The van der Waals surface area contributed by atoms with Crippen molar-refractivity contribution < 1.29 is 0 Å². The fourth-order valence-corrected chi connectivity index (χ4v) is 8.46. The lowest BCUT2D eigenvalue weighted by atomic mass is 10.0. The van der Waals surface area contributed by atoms with E-state index in [0.29, 0.717) is 0 Å². The maximum absolute atomic E-state index is 2.42. The van der Waals surface area contributed by atoms with Crippen molar-refractivity contribution in [1.29, 1.82) is 0 Å². The van der Waals surface area contributed by atoms with Crippen molar-refractivity contribution >= 4 is 9.52 Å². The van der Waals surface area contributed by atoms with Crippen molar-refractivity contribution in [3.05, 3.63) is 0 Å². The van der Waals surface area contributed by atoms with E-state index in [0.717, 1.165) is 11.1 Å². The minimum Gasteiger partial charge on any atom is -0.0654 e. The summed E-state index contributed by atoms with van der Waals surface area (Å²) in [5, 5.41) is 0. The molecule has 0 bridgehead atoms. The van der Waals surface area contributed by atoms with Gasteiger partial charge in [-0.15, -0.1) is 0 Å². The second-order valence-corrected chi connectivity index (χ2v) is 12.9. The maximum atomic E-state index is 2.42. The summed E-state index contributed by atoms with van der Waals surface area (Å²) in [6, 6.07) is 0. The Kier molecular flexibility index (Phi) is 24.7. The summed E-state index contributed by atoms with van der Waals surface area (Å²) in [7, 11) is 0.116.